The first kappa shape index (κ1) is 26.7. The van der Waals surface area contributed by atoms with E-state index < -0.39 is 5.97 Å². The van der Waals surface area contributed by atoms with Crippen LogP contribution >= 0.6 is 0 Å². The number of hydrogen-bond donors (Lipinski definition) is 3. The van der Waals surface area contributed by atoms with Gasteiger partial charge in [-0.05, 0) is 66.8 Å². The predicted molar refractivity (Wildman–Crippen MR) is 138 cm³/mol. The van der Waals surface area contributed by atoms with Crippen molar-refractivity contribution in [2.24, 2.45) is 11.8 Å². The zero-order chi connectivity index (χ0) is 25.3. The second-order valence-corrected chi connectivity index (χ2v) is 10.3. The number of carboxylic acids is 1. The van der Waals surface area contributed by atoms with Crippen LogP contribution in [0.25, 0.3) is 0 Å². The molecule has 190 valence electrons. The zero-order valence-corrected chi connectivity index (χ0v) is 21.1. The summed E-state index contributed by atoms with van der Waals surface area (Å²) in [5.41, 5.74) is 2.32. The third-order valence-electron chi connectivity index (χ3n) is 7.61. The molecule has 3 N–H and O–H groups in total. The molecular weight excluding hydrogens is 440 g/mol. The van der Waals surface area contributed by atoms with E-state index in [2.05, 4.69) is 42.3 Å². The molecule has 2 aromatic rings. The molecule has 1 saturated heterocycles. The summed E-state index contributed by atoms with van der Waals surface area (Å²) in [7, 11) is 0. The lowest BCUT2D eigenvalue weighted by atomic mass is 9.68. The van der Waals surface area contributed by atoms with Gasteiger partial charge in [0.15, 0.2) is 0 Å². The Morgan fingerprint density at radius 3 is 2.57 bits per heavy atom. The molecule has 2 aromatic carbocycles. The molecule has 1 heterocycles. The van der Waals surface area contributed by atoms with E-state index in [1.807, 2.05) is 30.3 Å². The van der Waals surface area contributed by atoms with E-state index in [4.69, 9.17) is 5.11 Å². The van der Waals surface area contributed by atoms with Crippen molar-refractivity contribution < 1.29 is 19.8 Å². The quantitative estimate of drug-likeness (QED) is 0.386. The third kappa shape index (κ3) is 7.82. The Balaban J connectivity index is 1.59. The Kier molecular flexibility index (Phi) is 9.73. The molecule has 6 nitrogen and oxygen atoms in total. The third-order valence-corrected chi connectivity index (χ3v) is 7.61. The lowest BCUT2D eigenvalue weighted by molar-refractivity contribution is -0.137. The summed E-state index contributed by atoms with van der Waals surface area (Å²) in [5, 5.41) is 21.8. The van der Waals surface area contributed by atoms with Gasteiger partial charge < -0.3 is 20.4 Å². The van der Waals surface area contributed by atoms with Gasteiger partial charge in [-0.1, -0.05) is 62.7 Å². The first-order valence-electron chi connectivity index (χ1n) is 12.8. The maximum Gasteiger partial charge on any atom is 0.303 e. The van der Waals surface area contributed by atoms with Crippen molar-refractivity contribution in [2.45, 2.75) is 57.8 Å². The van der Waals surface area contributed by atoms with Crippen molar-refractivity contribution in [2.75, 3.05) is 26.2 Å². The molecule has 1 amide bonds. The molecule has 0 spiro atoms. The van der Waals surface area contributed by atoms with Gasteiger partial charge in [0, 0.05) is 26.1 Å². The van der Waals surface area contributed by atoms with E-state index in [0.29, 0.717) is 37.6 Å². The number of phenolic OH excluding ortho intramolecular Hbond substituents is 1. The summed E-state index contributed by atoms with van der Waals surface area (Å²) in [4.78, 5) is 26.2. The van der Waals surface area contributed by atoms with Gasteiger partial charge in [0.25, 0.3) is 0 Å². The Labute approximate surface area is 209 Å². The summed E-state index contributed by atoms with van der Waals surface area (Å²) in [5.74, 6) is -0.156. The van der Waals surface area contributed by atoms with Crippen LogP contribution in [0.1, 0.15) is 57.1 Å². The summed E-state index contributed by atoms with van der Waals surface area (Å²) >= 11 is 0. The lowest BCUT2D eigenvalue weighted by Gasteiger charge is -2.45. The van der Waals surface area contributed by atoms with E-state index in [1.165, 1.54) is 5.56 Å². The van der Waals surface area contributed by atoms with Crippen molar-refractivity contribution in [3.8, 4) is 5.75 Å². The average molecular weight is 481 g/mol. The van der Waals surface area contributed by atoms with Gasteiger partial charge >= 0.3 is 5.97 Å². The smallest absolute Gasteiger partial charge is 0.303 e. The molecule has 0 unspecified atom stereocenters. The predicted octanol–water partition coefficient (Wildman–Crippen LogP) is 4.61. The van der Waals surface area contributed by atoms with Crippen LogP contribution in [-0.4, -0.2) is 53.2 Å². The minimum absolute atomic E-state index is 0.0115. The van der Waals surface area contributed by atoms with Crippen LogP contribution in [0.4, 0.5) is 0 Å². The van der Waals surface area contributed by atoms with Gasteiger partial charge in [-0.15, -0.1) is 0 Å². The molecule has 1 fully saturated rings. The number of amides is 1. The fraction of sp³-hybridized carbons (Fsp3) is 0.517. The molecule has 0 bridgehead atoms. The highest BCUT2D eigenvalue weighted by Gasteiger charge is 2.39. The molecule has 1 aliphatic rings. The van der Waals surface area contributed by atoms with E-state index in [0.717, 1.165) is 37.9 Å². The van der Waals surface area contributed by atoms with E-state index in [9.17, 15) is 14.7 Å². The number of aromatic hydroxyl groups is 1. The Morgan fingerprint density at radius 2 is 1.89 bits per heavy atom. The number of hydrogen-bond acceptors (Lipinski definition) is 4. The number of rotatable bonds is 12. The summed E-state index contributed by atoms with van der Waals surface area (Å²) in [6.45, 7) is 7.64. The molecule has 3 atom stereocenters. The molecular formula is C29H40N2O4. The van der Waals surface area contributed by atoms with Crippen molar-refractivity contribution in [3.63, 3.8) is 0 Å². The average Bonchev–Trinajstić information content (AvgIpc) is 2.83. The monoisotopic (exact) mass is 480 g/mol. The number of nitrogens with one attached hydrogen (secondary N) is 1. The van der Waals surface area contributed by atoms with Crippen molar-refractivity contribution in [1.29, 1.82) is 0 Å². The standard InChI is InChI=1S/C29H40N2O4/c1-22-20-31(17-15-29(22,2)25-12-9-13-26(32)19-25)21-24(18-23-10-5-3-6-11-23)28(35)30-16-8-4-7-14-27(33)34/h3,5-6,9-13,19,22,24,32H,4,7-8,14-18,20-21H2,1-2H3,(H,30,35)(H,33,34)/t22-,24-,29+/m0/s1. The largest absolute Gasteiger partial charge is 0.508 e. The van der Waals surface area contributed by atoms with Crippen molar-refractivity contribution in [3.05, 3.63) is 65.7 Å². The molecule has 6 heteroatoms. The Morgan fingerprint density at radius 1 is 1.11 bits per heavy atom. The molecule has 3 rings (SSSR count). The first-order valence-corrected chi connectivity index (χ1v) is 12.8. The van der Waals surface area contributed by atoms with E-state index >= 15 is 0 Å². The number of nitrogens with zero attached hydrogens (tertiary/aromatic N) is 1. The van der Waals surface area contributed by atoms with Crippen molar-refractivity contribution >= 4 is 11.9 Å². The van der Waals surface area contributed by atoms with Gasteiger partial charge in [-0.3, -0.25) is 9.59 Å². The number of likely N-dealkylation sites (tertiary alicyclic amines) is 1. The molecule has 0 aromatic heterocycles. The minimum Gasteiger partial charge on any atom is -0.508 e. The molecule has 0 radical (unpaired) electrons. The number of carboxylic acid groups (broad SMARTS) is 1. The normalized spacial score (nSPS) is 21.4. The lowest BCUT2D eigenvalue weighted by Crippen LogP contribution is -2.50. The van der Waals surface area contributed by atoms with Gasteiger partial charge in [-0.2, -0.15) is 0 Å². The number of carbonyl (C=O) groups excluding carboxylic acids is 1. The number of piperidine rings is 1. The maximum atomic E-state index is 13.2. The number of aliphatic carboxylic acids is 1. The van der Waals surface area contributed by atoms with Crippen LogP contribution in [0.15, 0.2) is 54.6 Å². The second kappa shape index (κ2) is 12.7. The fourth-order valence-corrected chi connectivity index (χ4v) is 5.16. The Bertz CT molecular complexity index is 964. The number of benzene rings is 2. The van der Waals surface area contributed by atoms with Gasteiger partial charge in [-0.25, -0.2) is 0 Å². The minimum atomic E-state index is -0.770. The van der Waals surface area contributed by atoms with Crippen molar-refractivity contribution in [1.82, 2.24) is 10.2 Å². The van der Waals surface area contributed by atoms with Crippen LogP contribution in [0.5, 0.6) is 5.75 Å². The van der Waals surface area contributed by atoms with Crippen LogP contribution in [-0.2, 0) is 21.4 Å². The van der Waals surface area contributed by atoms with Crippen LogP contribution in [0, 0.1) is 11.8 Å². The summed E-state index contributed by atoms with van der Waals surface area (Å²) in [6, 6.07) is 17.8. The summed E-state index contributed by atoms with van der Waals surface area (Å²) < 4.78 is 0. The SMILES string of the molecule is C[C@H]1CN(C[C@H](Cc2ccccc2)C(=O)NCCCCCC(=O)O)CC[C@@]1(C)c1cccc(O)c1. The highest BCUT2D eigenvalue weighted by atomic mass is 16.4. The second-order valence-electron chi connectivity index (χ2n) is 10.3. The summed E-state index contributed by atoms with van der Waals surface area (Å²) in [6.07, 6.45) is 4.08. The highest BCUT2D eigenvalue weighted by Crippen LogP contribution is 2.40. The van der Waals surface area contributed by atoms with Crippen LogP contribution < -0.4 is 5.32 Å². The van der Waals surface area contributed by atoms with Crippen LogP contribution in [0.3, 0.4) is 0 Å². The van der Waals surface area contributed by atoms with Crippen LogP contribution in [0.2, 0.25) is 0 Å². The maximum absolute atomic E-state index is 13.2. The fourth-order valence-electron chi connectivity index (χ4n) is 5.16. The topological polar surface area (TPSA) is 89.9 Å². The highest BCUT2D eigenvalue weighted by molar-refractivity contribution is 5.79. The Hall–Kier alpha value is -2.86. The first-order chi connectivity index (χ1) is 16.8. The molecule has 0 saturated carbocycles. The van der Waals surface area contributed by atoms with Gasteiger partial charge in [0.1, 0.15) is 5.75 Å². The van der Waals surface area contributed by atoms with Gasteiger partial charge in [0.2, 0.25) is 5.91 Å². The zero-order valence-electron chi connectivity index (χ0n) is 21.1. The molecule has 35 heavy (non-hydrogen) atoms. The number of carbonyl (C=O) groups is 2. The van der Waals surface area contributed by atoms with E-state index in [-0.39, 0.29) is 23.7 Å². The number of unbranched alkanes of at least 4 members (excludes halogenated alkanes) is 2. The number of phenols is 1. The van der Waals surface area contributed by atoms with E-state index in [1.54, 1.807) is 6.07 Å². The van der Waals surface area contributed by atoms with Gasteiger partial charge in [0.05, 0.1) is 5.92 Å². The molecule has 1 aliphatic heterocycles. The molecule has 0 aliphatic carbocycles.